The maximum atomic E-state index is 12.7. The Balaban J connectivity index is 2.26. The second-order valence-electron chi connectivity index (χ2n) is 9.57. The quantitative estimate of drug-likeness (QED) is 0.675. The average molecular weight is 413 g/mol. The third-order valence-corrected chi connectivity index (χ3v) is 5.03. The molecular weight excluding hydrogens is 376 g/mol. The van der Waals surface area contributed by atoms with Crippen molar-refractivity contribution < 1.29 is 9.59 Å². The van der Waals surface area contributed by atoms with E-state index in [0.717, 1.165) is 18.5 Å². The number of anilines is 1. The maximum Gasteiger partial charge on any atom is 0.247 e. The summed E-state index contributed by atoms with van der Waals surface area (Å²) in [7, 11) is 0. The van der Waals surface area contributed by atoms with Gasteiger partial charge in [-0.2, -0.15) is 5.10 Å². The summed E-state index contributed by atoms with van der Waals surface area (Å²) in [5.74, 6) is 0.270. The van der Waals surface area contributed by atoms with Gasteiger partial charge in [0.05, 0.1) is 11.2 Å². The molecule has 1 aromatic heterocycles. The molecule has 1 atom stereocenters. The number of hydrogen-bond acceptors (Lipinski definition) is 3. The van der Waals surface area contributed by atoms with Gasteiger partial charge in [0, 0.05) is 17.9 Å². The third-order valence-electron chi connectivity index (χ3n) is 5.03. The zero-order chi connectivity index (χ0) is 22.5. The fourth-order valence-electron chi connectivity index (χ4n) is 3.35. The molecule has 2 aromatic rings. The lowest BCUT2D eigenvalue weighted by atomic mass is 9.83. The number of nitrogens with zero attached hydrogens (tertiary/aromatic N) is 2. The Bertz CT molecular complexity index is 863. The van der Waals surface area contributed by atoms with Crippen LogP contribution in [0.4, 0.5) is 5.82 Å². The lowest BCUT2D eigenvalue weighted by Crippen LogP contribution is -2.42. The number of carbonyl (C=O) groups is 2. The average Bonchev–Trinajstić information content (AvgIpc) is 3.07. The number of benzene rings is 1. The van der Waals surface area contributed by atoms with Crippen molar-refractivity contribution in [2.75, 3.05) is 5.32 Å². The maximum absolute atomic E-state index is 12.7. The number of rotatable bonds is 8. The van der Waals surface area contributed by atoms with Crippen molar-refractivity contribution >= 4 is 17.6 Å². The van der Waals surface area contributed by atoms with Gasteiger partial charge in [-0.1, -0.05) is 51.1 Å². The van der Waals surface area contributed by atoms with Crippen molar-refractivity contribution in [2.24, 2.45) is 0 Å². The van der Waals surface area contributed by atoms with E-state index in [9.17, 15) is 9.59 Å². The molecule has 1 unspecified atom stereocenters. The summed E-state index contributed by atoms with van der Waals surface area (Å²) in [6, 6.07) is 11.7. The largest absolute Gasteiger partial charge is 0.345 e. The van der Waals surface area contributed by atoms with Crippen LogP contribution >= 0.6 is 0 Å². The Labute approximate surface area is 180 Å². The van der Waals surface area contributed by atoms with E-state index >= 15 is 0 Å². The summed E-state index contributed by atoms with van der Waals surface area (Å²) in [5, 5.41) is 10.6. The molecule has 1 heterocycles. The van der Waals surface area contributed by atoms with E-state index in [-0.39, 0.29) is 22.8 Å². The molecule has 0 fully saturated rings. The predicted molar refractivity (Wildman–Crippen MR) is 122 cm³/mol. The molecule has 0 radical (unpaired) electrons. The van der Waals surface area contributed by atoms with Gasteiger partial charge in [-0.05, 0) is 46.1 Å². The first-order chi connectivity index (χ1) is 13.9. The summed E-state index contributed by atoms with van der Waals surface area (Å²) in [6.07, 6.45) is 2.00. The monoisotopic (exact) mass is 412 g/mol. The second-order valence-corrected chi connectivity index (χ2v) is 9.57. The van der Waals surface area contributed by atoms with Gasteiger partial charge in [0.25, 0.3) is 0 Å². The Kier molecular flexibility index (Phi) is 7.45. The molecular formula is C24H36N4O2. The third kappa shape index (κ3) is 6.18. The molecule has 0 spiro atoms. The van der Waals surface area contributed by atoms with Crippen LogP contribution in [0.25, 0.3) is 0 Å². The Hall–Kier alpha value is -2.63. The highest BCUT2D eigenvalue weighted by Crippen LogP contribution is 2.31. The Morgan fingerprint density at radius 3 is 2.30 bits per heavy atom. The summed E-state index contributed by atoms with van der Waals surface area (Å²) >= 11 is 0. The van der Waals surface area contributed by atoms with Crippen molar-refractivity contribution in [3.8, 4) is 0 Å². The van der Waals surface area contributed by atoms with Gasteiger partial charge in [-0.3, -0.25) is 9.59 Å². The molecule has 2 amide bonds. The summed E-state index contributed by atoms with van der Waals surface area (Å²) in [6.45, 7) is 14.1. The van der Waals surface area contributed by atoms with Crippen LogP contribution in [-0.4, -0.2) is 27.6 Å². The smallest absolute Gasteiger partial charge is 0.247 e. The van der Waals surface area contributed by atoms with Crippen LogP contribution in [0.5, 0.6) is 0 Å². The van der Waals surface area contributed by atoms with E-state index < -0.39 is 6.04 Å². The van der Waals surface area contributed by atoms with Gasteiger partial charge in [0.2, 0.25) is 11.8 Å². The molecule has 6 heteroatoms. The van der Waals surface area contributed by atoms with Gasteiger partial charge in [0.15, 0.2) is 0 Å². The van der Waals surface area contributed by atoms with Crippen LogP contribution in [0.2, 0.25) is 0 Å². The van der Waals surface area contributed by atoms with Gasteiger partial charge >= 0.3 is 0 Å². The van der Waals surface area contributed by atoms with Crippen LogP contribution in [0.3, 0.4) is 0 Å². The molecule has 2 N–H and O–H groups in total. The standard InChI is InChI=1S/C24H36N4O2/c1-8-12-21(29)25-17(2)22(30)26-20-15-19(27-28(20)23(3,4)5)24(6,7)16-18-13-10-9-11-14-18/h9-11,13-15,17H,8,12,16H2,1-7H3,(H,25,29)(H,26,30). The van der Waals surface area contributed by atoms with E-state index in [2.05, 4.69) is 57.4 Å². The molecule has 0 aliphatic rings. The highest BCUT2D eigenvalue weighted by atomic mass is 16.2. The first kappa shape index (κ1) is 23.6. The molecule has 2 rings (SSSR count). The molecule has 164 valence electrons. The van der Waals surface area contributed by atoms with E-state index in [1.807, 2.05) is 35.9 Å². The van der Waals surface area contributed by atoms with Gasteiger partial charge in [-0.15, -0.1) is 0 Å². The lowest BCUT2D eigenvalue weighted by molar-refractivity contribution is -0.126. The minimum atomic E-state index is -0.617. The number of aromatic nitrogens is 2. The van der Waals surface area contributed by atoms with Gasteiger partial charge < -0.3 is 10.6 Å². The zero-order valence-electron chi connectivity index (χ0n) is 19.4. The van der Waals surface area contributed by atoms with Crippen molar-refractivity contribution in [1.29, 1.82) is 0 Å². The molecule has 0 bridgehead atoms. The van der Waals surface area contributed by atoms with Crippen LogP contribution in [0.1, 0.15) is 72.6 Å². The molecule has 30 heavy (non-hydrogen) atoms. The Morgan fingerprint density at radius 1 is 1.10 bits per heavy atom. The molecule has 0 saturated heterocycles. The highest BCUT2D eigenvalue weighted by molar-refractivity contribution is 5.96. The van der Waals surface area contributed by atoms with Crippen molar-refractivity contribution in [3.63, 3.8) is 0 Å². The van der Waals surface area contributed by atoms with E-state index in [0.29, 0.717) is 12.2 Å². The summed E-state index contributed by atoms with van der Waals surface area (Å²) < 4.78 is 1.85. The summed E-state index contributed by atoms with van der Waals surface area (Å²) in [5.41, 5.74) is 1.64. The molecule has 0 aliphatic carbocycles. The molecule has 6 nitrogen and oxygen atoms in total. The van der Waals surface area contributed by atoms with E-state index in [4.69, 9.17) is 5.10 Å². The molecule has 0 aliphatic heterocycles. The predicted octanol–water partition coefficient (Wildman–Crippen LogP) is 4.40. The van der Waals surface area contributed by atoms with Crippen molar-refractivity contribution in [1.82, 2.24) is 15.1 Å². The van der Waals surface area contributed by atoms with Crippen molar-refractivity contribution in [2.45, 2.75) is 84.7 Å². The zero-order valence-corrected chi connectivity index (χ0v) is 19.4. The Morgan fingerprint density at radius 2 is 1.73 bits per heavy atom. The highest BCUT2D eigenvalue weighted by Gasteiger charge is 2.29. The van der Waals surface area contributed by atoms with E-state index in [1.54, 1.807) is 6.92 Å². The van der Waals surface area contributed by atoms with Gasteiger partial charge in [0.1, 0.15) is 11.9 Å². The second kappa shape index (κ2) is 9.45. The summed E-state index contributed by atoms with van der Waals surface area (Å²) in [4.78, 5) is 24.6. The first-order valence-electron chi connectivity index (χ1n) is 10.7. The normalized spacial score (nSPS) is 13.0. The first-order valence-corrected chi connectivity index (χ1v) is 10.7. The number of nitrogens with one attached hydrogen (secondary N) is 2. The van der Waals surface area contributed by atoms with Crippen molar-refractivity contribution in [3.05, 3.63) is 47.7 Å². The van der Waals surface area contributed by atoms with Crippen LogP contribution < -0.4 is 10.6 Å². The number of amides is 2. The fourth-order valence-corrected chi connectivity index (χ4v) is 3.35. The minimum absolute atomic E-state index is 0.117. The van der Waals surface area contributed by atoms with Crippen LogP contribution in [0.15, 0.2) is 36.4 Å². The number of hydrogen-bond donors (Lipinski definition) is 2. The topological polar surface area (TPSA) is 76.0 Å². The lowest BCUT2D eigenvalue weighted by Gasteiger charge is -2.24. The number of carbonyl (C=O) groups excluding carboxylic acids is 2. The SMILES string of the molecule is CCCC(=O)NC(C)C(=O)Nc1cc(C(C)(C)Cc2ccccc2)nn1C(C)(C)C. The fraction of sp³-hybridized carbons (Fsp3) is 0.542. The minimum Gasteiger partial charge on any atom is -0.345 e. The van der Waals surface area contributed by atoms with Gasteiger partial charge in [-0.25, -0.2) is 4.68 Å². The molecule has 0 saturated carbocycles. The van der Waals surface area contributed by atoms with Crippen LogP contribution in [0, 0.1) is 0 Å². The van der Waals surface area contributed by atoms with Crippen LogP contribution in [-0.2, 0) is 27.0 Å². The molecule has 1 aromatic carbocycles. The van der Waals surface area contributed by atoms with E-state index in [1.165, 1.54) is 5.56 Å².